The number of allylic oxidation sites excluding steroid dienone is 2. The smallest absolute Gasteiger partial charge is 0.0915 e. The number of rotatable bonds is 1. The average Bonchev–Trinajstić information content (AvgIpc) is 2.36. The second-order valence-corrected chi connectivity index (χ2v) is 3.65. The second kappa shape index (κ2) is 3.36. The molecule has 0 aliphatic rings. The lowest BCUT2D eigenvalue weighted by Gasteiger charge is -1.89. The van der Waals surface area contributed by atoms with Gasteiger partial charge in [0.05, 0.1) is 6.07 Å². The van der Waals surface area contributed by atoms with E-state index in [1.54, 1.807) is 17.4 Å². The highest BCUT2D eigenvalue weighted by Gasteiger charge is 1.96. The molecule has 0 fully saturated rings. The number of hydrogen-bond acceptors (Lipinski definition) is 2. The maximum atomic E-state index is 8.38. The number of hydrogen-bond donors (Lipinski definition) is 0. The summed E-state index contributed by atoms with van der Waals surface area (Å²) in [5.41, 5.74) is 1.05. The van der Waals surface area contributed by atoms with Crippen molar-refractivity contribution in [2.24, 2.45) is 0 Å². The van der Waals surface area contributed by atoms with E-state index in [2.05, 4.69) is 13.0 Å². The summed E-state index contributed by atoms with van der Waals surface area (Å²) in [6, 6.07) is 6.13. The largest absolute Gasteiger partial charge is 0.193 e. The van der Waals surface area contributed by atoms with Gasteiger partial charge in [-0.05, 0) is 31.6 Å². The zero-order valence-corrected chi connectivity index (χ0v) is 7.40. The van der Waals surface area contributed by atoms with Crippen LogP contribution in [-0.4, -0.2) is 0 Å². The Morgan fingerprint density at radius 3 is 2.82 bits per heavy atom. The van der Waals surface area contributed by atoms with Crippen LogP contribution in [0.4, 0.5) is 0 Å². The van der Waals surface area contributed by atoms with Crippen molar-refractivity contribution in [3.8, 4) is 6.07 Å². The van der Waals surface area contributed by atoms with Crippen molar-refractivity contribution < 1.29 is 0 Å². The Morgan fingerprint density at radius 1 is 1.64 bits per heavy atom. The van der Waals surface area contributed by atoms with Gasteiger partial charge in [-0.1, -0.05) is 0 Å². The van der Waals surface area contributed by atoms with Crippen LogP contribution in [-0.2, 0) is 0 Å². The van der Waals surface area contributed by atoms with Crippen LogP contribution >= 0.6 is 11.3 Å². The Hall–Kier alpha value is -1.07. The fraction of sp³-hybridized carbons (Fsp3) is 0.222. The van der Waals surface area contributed by atoms with E-state index in [1.165, 1.54) is 9.75 Å². The zero-order chi connectivity index (χ0) is 8.27. The van der Waals surface area contributed by atoms with Crippen LogP contribution in [0, 0.1) is 18.3 Å². The summed E-state index contributed by atoms with van der Waals surface area (Å²) in [5.74, 6) is 0. The van der Waals surface area contributed by atoms with Gasteiger partial charge in [0.1, 0.15) is 0 Å². The average molecular weight is 163 g/mol. The lowest BCUT2D eigenvalue weighted by atomic mass is 10.2. The molecule has 1 nitrogen and oxygen atoms in total. The van der Waals surface area contributed by atoms with Crippen LogP contribution in [0.2, 0.25) is 0 Å². The lowest BCUT2D eigenvalue weighted by molar-refractivity contribution is 1.53. The zero-order valence-electron chi connectivity index (χ0n) is 6.59. The summed E-state index contributed by atoms with van der Waals surface area (Å²) >= 11 is 1.72. The molecule has 0 aliphatic heterocycles. The highest BCUT2D eigenvalue weighted by Crippen LogP contribution is 2.22. The number of aryl methyl sites for hydroxylation is 1. The monoisotopic (exact) mass is 163 g/mol. The molecule has 0 bridgehead atoms. The Bertz CT molecular complexity index is 315. The van der Waals surface area contributed by atoms with Crippen molar-refractivity contribution in [3.05, 3.63) is 28.0 Å². The van der Waals surface area contributed by atoms with Crippen molar-refractivity contribution in [2.45, 2.75) is 13.8 Å². The molecular weight excluding hydrogens is 154 g/mol. The summed E-state index contributed by atoms with van der Waals surface area (Å²) in [4.78, 5) is 2.47. The topological polar surface area (TPSA) is 23.8 Å². The van der Waals surface area contributed by atoms with Gasteiger partial charge >= 0.3 is 0 Å². The minimum atomic E-state index is 1.05. The maximum absolute atomic E-state index is 8.38. The molecule has 0 spiro atoms. The molecule has 0 unspecified atom stereocenters. The first-order valence-electron chi connectivity index (χ1n) is 3.37. The SMILES string of the molecule is C/C(=C/C#N)c1ccc(C)s1. The van der Waals surface area contributed by atoms with Gasteiger partial charge in [0, 0.05) is 15.8 Å². The molecule has 56 valence electrons. The fourth-order valence-corrected chi connectivity index (χ4v) is 1.65. The molecule has 0 N–H and O–H groups in total. The molecular formula is C9H9NS. The summed E-state index contributed by atoms with van der Waals surface area (Å²) in [7, 11) is 0. The summed E-state index contributed by atoms with van der Waals surface area (Å²) in [6.45, 7) is 4.02. The van der Waals surface area contributed by atoms with Gasteiger partial charge in [-0.3, -0.25) is 0 Å². The predicted octanol–water partition coefficient (Wildman–Crippen LogP) is 2.98. The first kappa shape index (κ1) is 8.03. The Kier molecular flexibility index (Phi) is 2.45. The van der Waals surface area contributed by atoms with Crippen LogP contribution in [0.3, 0.4) is 0 Å². The van der Waals surface area contributed by atoms with Crippen LogP contribution in [0.1, 0.15) is 16.7 Å². The molecule has 0 saturated heterocycles. The third-order valence-electron chi connectivity index (χ3n) is 1.41. The van der Waals surface area contributed by atoms with Crippen LogP contribution in [0.15, 0.2) is 18.2 Å². The van der Waals surface area contributed by atoms with E-state index >= 15 is 0 Å². The Labute approximate surface area is 70.6 Å². The van der Waals surface area contributed by atoms with E-state index in [1.807, 2.05) is 19.1 Å². The summed E-state index contributed by atoms with van der Waals surface area (Å²) in [5, 5.41) is 8.38. The van der Waals surface area contributed by atoms with Gasteiger partial charge < -0.3 is 0 Å². The van der Waals surface area contributed by atoms with Gasteiger partial charge in [-0.15, -0.1) is 11.3 Å². The molecule has 0 saturated carbocycles. The van der Waals surface area contributed by atoms with Gasteiger partial charge in [-0.25, -0.2) is 0 Å². The number of thiophene rings is 1. The van der Waals surface area contributed by atoms with E-state index in [-0.39, 0.29) is 0 Å². The highest BCUT2D eigenvalue weighted by atomic mass is 32.1. The summed E-state index contributed by atoms with van der Waals surface area (Å²) < 4.78 is 0. The second-order valence-electron chi connectivity index (χ2n) is 2.37. The van der Waals surface area contributed by atoms with Gasteiger partial charge in [0.2, 0.25) is 0 Å². The molecule has 0 radical (unpaired) electrons. The first-order valence-corrected chi connectivity index (χ1v) is 4.19. The maximum Gasteiger partial charge on any atom is 0.0915 e. The third kappa shape index (κ3) is 1.92. The molecule has 11 heavy (non-hydrogen) atoms. The predicted molar refractivity (Wildman–Crippen MR) is 48.3 cm³/mol. The molecule has 2 heteroatoms. The first-order chi connectivity index (χ1) is 5.24. The third-order valence-corrected chi connectivity index (χ3v) is 2.55. The van der Waals surface area contributed by atoms with Crippen LogP contribution in [0.5, 0.6) is 0 Å². The highest BCUT2D eigenvalue weighted by molar-refractivity contribution is 7.13. The van der Waals surface area contributed by atoms with E-state index < -0.39 is 0 Å². The van der Waals surface area contributed by atoms with Gasteiger partial charge in [-0.2, -0.15) is 5.26 Å². The van der Waals surface area contributed by atoms with E-state index in [0.29, 0.717) is 0 Å². The fourth-order valence-electron chi connectivity index (χ4n) is 0.814. The molecule has 1 aromatic heterocycles. The molecule has 0 amide bonds. The van der Waals surface area contributed by atoms with Crippen molar-refractivity contribution in [1.29, 1.82) is 5.26 Å². The van der Waals surface area contributed by atoms with E-state index in [4.69, 9.17) is 5.26 Å². The molecule has 0 atom stereocenters. The Balaban J connectivity index is 2.95. The van der Waals surface area contributed by atoms with Crippen molar-refractivity contribution in [2.75, 3.05) is 0 Å². The normalized spacial score (nSPS) is 11.2. The quantitative estimate of drug-likeness (QED) is 0.584. The minimum absolute atomic E-state index is 1.05. The molecule has 1 rings (SSSR count). The lowest BCUT2D eigenvalue weighted by Crippen LogP contribution is -1.67. The number of nitrogens with zero attached hydrogens (tertiary/aromatic N) is 1. The van der Waals surface area contributed by atoms with Gasteiger partial charge in [0.15, 0.2) is 0 Å². The van der Waals surface area contributed by atoms with Crippen molar-refractivity contribution in [1.82, 2.24) is 0 Å². The van der Waals surface area contributed by atoms with Crippen molar-refractivity contribution >= 4 is 16.9 Å². The molecule has 0 aliphatic carbocycles. The minimum Gasteiger partial charge on any atom is -0.193 e. The summed E-state index contributed by atoms with van der Waals surface area (Å²) in [6.07, 6.45) is 1.57. The van der Waals surface area contributed by atoms with Crippen LogP contribution in [0.25, 0.3) is 5.57 Å². The number of nitriles is 1. The molecule has 1 heterocycles. The molecule has 0 aromatic carbocycles. The molecule has 1 aromatic rings. The van der Waals surface area contributed by atoms with E-state index in [9.17, 15) is 0 Å². The van der Waals surface area contributed by atoms with E-state index in [0.717, 1.165) is 5.57 Å². The Morgan fingerprint density at radius 2 is 2.36 bits per heavy atom. The van der Waals surface area contributed by atoms with Crippen LogP contribution < -0.4 is 0 Å². The van der Waals surface area contributed by atoms with Gasteiger partial charge in [0.25, 0.3) is 0 Å². The van der Waals surface area contributed by atoms with Crippen molar-refractivity contribution in [3.63, 3.8) is 0 Å². The standard InChI is InChI=1S/C9H9NS/c1-7(5-6-10)9-4-3-8(2)11-9/h3-5H,1-2H3/b7-5-.